The van der Waals surface area contributed by atoms with Gasteiger partial charge in [0.2, 0.25) is 0 Å². The average molecular weight is 676 g/mol. The van der Waals surface area contributed by atoms with E-state index in [2.05, 4.69) is 42.5 Å². The molecule has 2 fully saturated rings. The summed E-state index contributed by atoms with van der Waals surface area (Å²) < 4.78 is 1.84. The van der Waals surface area contributed by atoms with Gasteiger partial charge in [-0.15, -0.1) is 0 Å². The van der Waals surface area contributed by atoms with E-state index < -0.39 is 10.7 Å². The van der Waals surface area contributed by atoms with Gasteiger partial charge in [0.25, 0.3) is 22.3 Å². The molecule has 0 radical (unpaired) electrons. The molecule has 3 aromatic carbocycles. The van der Waals surface area contributed by atoms with Crippen LogP contribution in [0, 0.1) is 0 Å². The number of thioether (sulfide) groups is 2. The summed E-state index contributed by atoms with van der Waals surface area (Å²) in [7, 11) is 0. The largest absolute Gasteiger partial charge is 0.365 e. The van der Waals surface area contributed by atoms with Gasteiger partial charge in [-0.25, -0.2) is 0 Å². The molecule has 0 unspecified atom stereocenters. The highest BCUT2D eigenvalue weighted by atomic mass is 79.9. The number of rotatable bonds is 8. The van der Waals surface area contributed by atoms with Crippen LogP contribution in [-0.4, -0.2) is 42.8 Å². The number of nitrogens with one attached hydrogen (secondary N) is 2. The fourth-order valence-electron chi connectivity index (χ4n) is 3.87. The predicted octanol–water partition coefficient (Wildman–Crippen LogP) is 6.48. The number of halogens is 2. The molecule has 4 amide bonds. The number of carbonyl (C=O) groups is 4. The van der Waals surface area contributed by atoms with Crippen LogP contribution in [0.15, 0.2) is 81.7 Å². The molecule has 2 saturated heterocycles. The lowest BCUT2D eigenvalue weighted by atomic mass is 10.1. The second-order valence-electron chi connectivity index (χ2n) is 8.50. The third-order valence-electron chi connectivity index (χ3n) is 5.85. The molecule has 0 aliphatic carbocycles. The van der Waals surface area contributed by atoms with Gasteiger partial charge in [0.05, 0.1) is 13.1 Å². The first kappa shape index (κ1) is 26.8. The molecule has 194 valence electrons. The first-order valence-corrected chi connectivity index (χ1v) is 14.8. The van der Waals surface area contributed by atoms with Gasteiger partial charge in [-0.2, -0.15) is 0 Å². The van der Waals surface area contributed by atoms with Crippen LogP contribution >= 0.6 is 55.4 Å². The van der Waals surface area contributed by atoms with Gasteiger partial charge < -0.3 is 10.6 Å². The molecule has 0 spiro atoms. The van der Waals surface area contributed by atoms with Crippen molar-refractivity contribution in [2.75, 3.05) is 10.6 Å². The Morgan fingerprint density at radius 2 is 0.921 bits per heavy atom. The van der Waals surface area contributed by atoms with Gasteiger partial charge >= 0.3 is 0 Å². The molecule has 8 nitrogen and oxygen atoms in total. The van der Waals surface area contributed by atoms with Crippen LogP contribution in [-0.2, 0) is 22.7 Å². The van der Waals surface area contributed by atoms with Crippen LogP contribution < -0.4 is 10.6 Å². The lowest BCUT2D eigenvalue weighted by molar-refractivity contribution is -0.127. The van der Waals surface area contributed by atoms with Crippen LogP contribution in [0.25, 0.3) is 0 Å². The van der Waals surface area contributed by atoms with Gasteiger partial charge in [0.1, 0.15) is 0 Å². The molecule has 5 rings (SSSR count). The van der Waals surface area contributed by atoms with E-state index in [0.717, 1.165) is 55.0 Å². The molecule has 0 bridgehead atoms. The normalized spacial score (nSPS) is 19.4. The molecule has 0 saturated carbocycles. The fourth-order valence-corrected chi connectivity index (χ4v) is 6.21. The number of amides is 4. The molecule has 2 heterocycles. The number of imide groups is 2. The van der Waals surface area contributed by atoms with E-state index in [9.17, 15) is 19.2 Å². The van der Waals surface area contributed by atoms with Crippen molar-refractivity contribution in [3.63, 3.8) is 0 Å². The van der Waals surface area contributed by atoms with Crippen molar-refractivity contribution < 1.29 is 19.2 Å². The number of benzene rings is 3. The molecule has 2 N–H and O–H groups in total. The van der Waals surface area contributed by atoms with Crippen LogP contribution in [0.1, 0.15) is 11.1 Å². The zero-order chi connectivity index (χ0) is 26.8. The molecule has 2 aliphatic heterocycles. The van der Waals surface area contributed by atoms with Gasteiger partial charge in [0.15, 0.2) is 10.7 Å². The van der Waals surface area contributed by atoms with Crippen molar-refractivity contribution in [1.82, 2.24) is 9.80 Å². The van der Waals surface area contributed by atoms with Crippen molar-refractivity contribution in [3.8, 4) is 0 Å². The van der Waals surface area contributed by atoms with E-state index in [4.69, 9.17) is 0 Å². The number of nitrogens with zero attached hydrogens (tertiary/aromatic N) is 2. The topological polar surface area (TPSA) is 98.8 Å². The van der Waals surface area contributed by atoms with Crippen LogP contribution in [0.4, 0.5) is 21.0 Å². The molecule has 38 heavy (non-hydrogen) atoms. The van der Waals surface area contributed by atoms with E-state index in [1.165, 1.54) is 9.80 Å². The van der Waals surface area contributed by atoms with Crippen LogP contribution in [0.5, 0.6) is 0 Å². The molecular weight excluding hydrogens is 656 g/mol. The summed E-state index contributed by atoms with van der Waals surface area (Å²) in [4.78, 5) is 53.2. The Labute approximate surface area is 244 Å². The molecule has 12 heteroatoms. The van der Waals surface area contributed by atoms with Crippen molar-refractivity contribution in [3.05, 3.63) is 92.9 Å². The highest BCUT2D eigenvalue weighted by Gasteiger charge is 2.41. The van der Waals surface area contributed by atoms with Gasteiger partial charge in [0, 0.05) is 20.3 Å². The van der Waals surface area contributed by atoms with E-state index in [1.54, 1.807) is 24.3 Å². The fraction of sp³-hybridized carbons (Fsp3) is 0.154. The molecular formula is C26H20Br2N4O4S2. The standard InChI is InChI=1S/C26H20Br2N4O4S2/c27-17-5-9-19(10-6-17)29-21-23(33)31(25(35)37-21)13-15-1-2-16(4-3-15)14-32-24(34)22(38-26(32)36)30-20-11-7-18(28)8-12-20/h1-12,21-22,29-30H,13-14H2/t21-,22-/m1/s1. The van der Waals surface area contributed by atoms with Crippen molar-refractivity contribution >= 4 is 89.1 Å². The summed E-state index contributed by atoms with van der Waals surface area (Å²) in [5.74, 6) is -0.608. The lowest BCUT2D eigenvalue weighted by Gasteiger charge is -2.17. The summed E-state index contributed by atoms with van der Waals surface area (Å²) in [5.41, 5.74) is 3.03. The monoisotopic (exact) mass is 674 g/mol. The van der Waals surface area contributed by atoms with Crippen LogP contribution in [0.3, 0.4) is 0 Å². The minimum Gasteiger partial charge on any atom is -0.365 e. The van der Waals surface area contributed by atoms with E-state index in [0.29, 0.717) is 0 Å². The number of hydrogen-bond acceptors (Lipinski definition) is 8. The second kappa shape index (κ2) is 11.5. The predicted molar refractivity (Wildman–Crippen MR) is 157 cm³/mol. The minimum atomic E-state index is -0.688. The quantitative estimate of drug-likeness (QED) is 0.280. The van der Waals surface area contributed by atoms with Crippen LogP contribution in [0.2, 0.25) is 0 Å². The molecule has 2 atom stereocenters. The van der Waals surface area contributed by atoms with Gasteiger partial charge in [-0.05, 0) is 83.2 Å². The SMILES string of the molecule is O=C1S[C@@H](Nc2ccc(Br)cc2)C(=O)N1Cc1ccc(CN2C(=O)S[C@@H](Nc3ccc(Br)cc3)C2=O)cc1. The van der Waals surface area contributed by atoms with Crippen molar-refractivity contribution in [2.45, 2.75) is 23.8 Å². The van der Waals surface area contributed by atoms with Crippen molar-refractivity contribution in [1.29, 1.82) is 0 Å². The maximum atomic E-state index is 12.9. The summed E-state index contributed by atoms with van der Waals surface area (Å²) >= 11 is 8.65. The molecule has 3 aromatic rings. The van der Waals surface area contributed by atoms with E-state index >= 15 is 0 Å². The Bertz CT molecular complexity index is 1280. The third kappa shape index (κ3) is 6.09. The summed E-state index contributed by atoms with van der Waals surface area (Å²) in [5, 5.41) is 4.18. The zero-order valence-corrected chi connectivity index (χ0v) is 24.4. The number of carbonyl (C=O) groups excluding carboxylic acids is 4. The Morgan fingerprint density at radius 3 is 1.26 bits per heavy atom. The Kier molecular flexibility index (Phi) is 8.12. The number of anilines is 2. The minimum absolute atomic E-state index is 0.139. The third-order valence-corrected chi connectivity index (χ3v) is 8.86. The highest BCUT2D eigenvalue weighted by molar-refractivity contribution is 9.10. The maximum absolute atomic E-state index is 12.9. The lowest BCUT2D eigenvalue weighted by Crippen LogP contribution is -2.34. The average Bonchev–Trinajstić information content (AvgIpc) is 3.32. The summed E-state index contributed by atoms with van der Waals surface area (Å²) in [6, 6.07) is 21.9. The summed E-state index contributed by atoms with van der Waals surface area (Å²) in [6.45, 7) is 0.278. The Morgan fingerprint density at radius 1 is 0.579 bits per heavy atom. The van der Waals surface area contributed by atoms with Gasteiger partial charge in [-0.3, -0.25) is 29.0 Å². The maximum Gasteiger partial charge on any atom is 0.291 e. The Balaban J connectivity index is 1.17. The van der Waals surface area contributed by atoms with Gasteiger partial charge in [-0.1, -0.05) is 56.1 Å². The smallest absolute Gasteiger partial charge is 0.291 e. The highest BCUT2D eigenvalue weighted by Crippen LogP contribution is 2.32. The molecule has 2 aliphatic rings. The first-order valence-electron chi connectivity index (χ1n) is 11.4. The van der Waals surface area contributed by atoms with E-state index in [1.807, 2.05) is 48.5 Å². The van der Waals surface area contributed by atoms with E-state index in [-0.39, 0.29) is 35.4 Å². The first-order chi connectivity index (χ1) is 18.3. The summed E-state index contributed by atoms with van der Waals surface area (Å²) in [6.07, 6.45) is 0. The second-order valence-corrected chi connectivity index (χ2v) is 12.4. The van der Waals surface area contributed by atoms with Crippen molar-refractivity contribution in [2.24, 2.45) is 0 Å². The molecule has 0 aromatic heterocycles. The Hall–Kier alpha value is -2.80. The zero-order valence-electron chi connectivity index (χ0n) is 19.6. The number of hydrogen-bond donors (Lipinski definition) is 2.